The van der Waals surface area contributed by atoms with E-state index in [2.05, 4.69) is 0 Å². The van der Waals surface area contributed by atoms with Gasteiger partial charge in [-0.1, -0.05) is 0 Å². The van der Waals surface area contributed by atoms with Crippen LogP contribution < -0.4 is 0 Å². The van der Waals surface area contributed by atoms with E-state index in [1.165, 1.54) is 6.26 Å². The van der Waals surface area contributed by atoms with Crippen molar-refractivity contribution in [3.8, 4) is 6.07 Å². The second-order valence-corrected chi connectivity index (χ2v) is 2.65. The van der Waals surface area contributed by atoms with E-state index in [-0.39, 0.29) is 5.78 Å². The van der Waals surface area contributed by atoms with Crippen molar-refractivity contribution in [2.45, 2.75) is 13.8 Å². The Labute approximate surface area is 70.6 Å². The first kappa shape index (κ1) is 8.54. The molecule has 1 rings (SSSR count). The molecular formula is C9H9NO2. The molecule has 3 heteroatoms. The maximum absolute atomic E-state index is 11.3. The van der Waals surface area contributed by atoms with Crippen LogP contribution in [-0.4, -0.2) is 5.78 Å². The van der Waals surface area contributed by atoms with Gasteiger partial charge in [-0.25, -0.2) is 0 Å². The third kappa shape index (κ3) is 1.37. The summed E-state index contributed by atoms with van der Waals surface area (Å²) in [6, 6.07) is 3.58. The largest absolute Gasteiger partial charge is 0.461 e. The van der Waals surface area contributed by atoms with Gasteiger partial charge in [0.25, 0.3) is 0 Å². The normalized spacial score (nSPS) is 12.1. The van der Waals surface area contributed by atoms with Gasteiger partial charge in [-0.05, 0) is 25.5 Å². The molecule has 0 saturated carbocycles. The van der Waals surface area contributed by atoms with Crippen molar-refractivity contribution in [2.24, 2.45) is 5.92 Å². The number of nitriles is 1. The van der Waals surface area contributed by atoms with Crippen LogP contribution in [0.1, 0.15) is 23.0 Å². The van der Waals surface area contributed by atoms with Crippen LogP contribution in [0.4, 0.5) is 0 Å². The second-order valence-electron chi connectivity index (χ2n) is 2.65. The Morgan fingerprint density at radius 2 is 2.42 bits per heavy atom. The number of aryl methyl sites for hydroxylation is 1. The van der Waals surface area contributed by atoms with E-state index in [0.29, 0.717) is 5.76 Å². The maximum Gasteiger partial charge on any atom is 0.215 e. The van der Waals surface area contributed by atoms with E-state index >= 15 is 0 Å². The summed E-state index contributed by atoms with van der Waals surface area (Å²) in [5, 5.41) is 8.48. The van der Waals surface area contributed by atoms with Crippen molar-refractivity contribution in [2.75, 3.05) is 0 Å². The molecule has 0 radical (unpaired) electrons. The molecule has 0 aromatic carbocycles. The van der Waals surface area contributed by atoms with Gasteiger partial charge in [0.15, 0.2) is 5.76 Å². The molecule has 1 heterocycles. The van der Waals surface area contributed by atoms with E-state index in [9.17, 15) is 4.79 Å². The smallest absolute Gasteiger partial charge is 0.215 e. The number of hydrogen-bond acceptors (Lipinski definition) is 3. The Morgan fingerprint density at radius 3 is 2.83 bits per heavy atom. The molecule has 0 spiro atoms. The lowest BCUT2D eigenvalue weighted by Gasteiger charge is -1.97. The molecule has 0 saturated heterocycles. The van der Waals surface area contributed by atoms with Crippen LogP contribution in [0.5, 0.6) is 0 Å². The van der Waals surface area contributed by atoms with E-state index in [1.807, 2.05) is 6.07 Å². The zero-order valence-corrected chi connectivity index (χ0v) is 7.00. The lowest BCUT2D eigenvalue weighted by Crippen LogP contribution is -2.08. The first-order valence-corrected chi connectivity index (χ1v) is 3.64. The summed E-state index contributed by atoms with van der Waals surface area (Å²) in [6.45, 7) is 3.34. The van der Waals surface area contributed by atoms with Crippen LogP contribution in [0, 0.1) is 24.2 Å². The molecule has 0 fully saturated rings. The number of furan rings is 1. The summed E-state index contributed by atoms with van der Waals surface area (Å²) in [5.41, 5.74) is 0.780. The molecular weight excluding hydrogens is 154 g/mol. The average Bonchev–Trinajstić information content (AvgIpc) is 2.48. The van der Waals surface area contributed by atoms with Crippen molar-refractivity contribution in [1.29, 1.82) is 5.26 Å². The van der Waals surface area contributed by atoms with Gasteiger partial charge in [0.05, 0.1) is 12.3 Å². The summed E-state index contributed by atoms with van der Waals surface area (Å²) in [4.78, 5) is 11.3. The minimum Gasteiger partial charge on any atom is -0.461 e. The summed E-state index contributed by atoms with van der Waals surface area (Å²) in [5.74, 6) is -0.584. The van der Waals surface area contributed by atoms with Gasteiger partial charge in [0.1, 0.15) is 5.92 Å². The molecule has 0 aliphatic heterocycles. The third-order valence-corrected chi connectivity index (χ3v) is 1.67. The van der Waals surface area contributed by atoms with Gasteiger partial charge in [0, 0.05) is 0 Å². The summed E-state index contributed by atoms with van der Waals surface area (Å²) in [6.07, 6.45) is 1.45. The van der Waals surface area contributed by atoms with Crippen LogP contribution in [0.15, 0.2) is 16.7 Å². The first-order chi connectivity index (χ1) is 5.66. The summed E-state index contributed by atoms with van der Waals surface area (Å²) < 4.78 is 4.95. The molecule has 0 bridgehead atoms. The molecule has 0 N–H and O–H groups in total. The molecule has 1 unspecified atom stereocenters. The number of hydrogen-bond donors (Lipinski definition) is 0. The van der Waals surface area contributed by atoms with Crippen LogP contribution >= 0.6 is 0 Å². The van der Waals surface area contributed by atoms with Crippen molar-refractivity contribution < 1.29 is 9.21 Å². The molecule has 12 heavy (non-hydrogen) atoms. The highest BCUT2D eigenvalue weighted by Crippen LogP contribution is 2.13. The minimum atomic E-state index is -0.630. The Bertz CT molecular complexity index is 333. The predicted octanol–water partition coefficient (Wildman–Crippen LogP) is 1.93. The van der Waals surface area contributed by atoms with Crippen molar-refractivity contribution in [1.82, 2.24) is 0 Å². The third-order valence-electron chi connectivity index (χ3n) is 1.67. The molecule has 0 aliphatic rings. The number of carbonyl (C=O) groups excluding carboxylic acids is 1. The first-order valence-electron chi connectivity index (χ1n) is 3.64. The average molecular weight is 163 g/mol. The Hall–Kier alpha value is -1.56. The maximum atomic E-state index is 11.3. The van der Waals surface area contributed by atoms with Crippen LogP contribution in [0.2, 0.25) is 0 Å². The lowest BCUT2D eigenvalue weighted by atomic mass is 10.0. The van der Waals surface area contributed by atoms with Gasteiger partial charge >= 0.3 is 0 Å². The topological polar surface area (TPSA) is 54.0 Å². The van der Waals surface area contributed by atoms with Gasteiger partial charge in [-0.2, -0.15) is 5.26 Å². The summed E-state index contributed by atoms with van der Waals surface area (Å²) >= 11 is 0. The Morgan fingerprint density at radius 1 is 1.75 bits per heavy atom. The highest BCUT2D eigenvalue weighted by atomic mass is 16.3. The highest BCUT2D eigenvalue weighted by Gasteiger charge is 2.18. The zero-order chi connectivity index (χ0) is 9.14. The van der Waals surface area contributed by atoms with Crippen LogP contribution in [0.25, 0.3) is 0 Å². The highest BCUT2D eigenvalue weighted by molar-refractivity contribution is 5.97. The van der Waals surface area contributed by atoms with Crippen LogP contribution in [-0.2, 0) is 0 Å². The number of Topliss-reactive ketones (excluding diaryl/α,β-unsaturated/α-hetero) is 1. The zero-order valence-electron chi connectivity index (χ0n) is 7.00. The van der Waals surface area contributed by atoms with E-state index in [0.717, 1.165) is 5.56 Å². The monoisotopic (exact) mass is 163 g/mol. The van der Waals surface area contributed by atoms with E-state index < -0.39 is 5.92 Å². The Kier molecular flexibility index (Phi) is 2.29. The lowest BCUT2D eigenvalue weighted by molar-refractivity contribution is 0.0928. The van der Waals surface area contributed by atoms with Crippen molar-refractivity contribution in [3.05, 3.63) is 23.7 Å². The number of ketones is 1. The molecule has 1 aromatic rings. The summed E-state index contributed by atoms with van der Waals surface area (Å²) in [7, 11) is 0. The molecule has 1 atom stereocenters. The fourth-order valence-corrected chi connectivity index (χ4v) is 0.880. The standard InChI is InChI=1S/C9H9NO2/c1-6-3-4-12-9(6)8(11)7(2)5-10/h3-4,7H,1-2H3. The van der Waals surface area contributed by atoms with Gasteiger partial charge < -0.3 is 4.42 Å². The fraction of sp³-hybridized carbons (Fsp3) is 0.333. The molecule has 0 amide bonds. The van der Waals surface area contributed by atoms with Crippen molar-refractivity contribution in [3.63, 3.8) is 0 Å². The number of carbonyl (C=O) groups is 1. The molecule has 1 aromatic heterocycles. The molecule has 62 valence electrons. The second kappa shape index (κ2) is 3.22. The van der Waals surface area contributed by atoms with E-state index in [1.54, 1.807) is 19.9 Å². The minimum absolute atomic E-state index is 0.250. The Balaban J connectivity index is 2.94. The molecule has 0 aliphatic carbocycles. The molecule has 3 nitrogen and oxygen atoms in total. The quantitative estimate of drug-likeness (QED) is 0.626. The van der Waals surface area contributed by atoms with E-state index in [4.69, 9.17) is 9.68 Å². The van der Waals surface area contributed by atoms with Gasteiger partial charge in [-0.15, -0.1) is 0 Å². The van der Waals surface area contributed by atoms with Crippen LogP contribution in [0.3, 0.4) is 0 Å². The fourth-order valence-electron chi connectivity index (χ4n) is 0.880. The predicted molar refractivity (Wildman–Crippen MR) is 42.6 cm³/mol. The SMILES string of the molecule is Cc1ccoc1C(=O)C(C)C#N. The van der Waals surface area contributed by atoms with Crippen molar-refractivity contribution >= 4 is 5.78 Å². The number of rotatable bonds is 2. The van der Waals surface area contributed by atoms with Gasteiger partial charge in [-0.3, -0.25) is 4.79 Å². The number of nitrogens with zero attached hydrogens (tertiary/aromatic N) is 1. The van der Waals surface area contributed by atoms with Gasteiger partial charge in [0.2, 0.25) is 5.78 Å².